The quantitative estimate of drug-likeness (QED) is 0.861. The molecule has 1 atom stereocenters. The van der Waals surface area contributed by atoms with Crippen LogP contribution in [-0.4, -0.2) is 48.4 Å². The largest absolute Gasteiger partial charge is 0.337 e. The van der Waals surface area contributed by atoms with Crippen molar-refractivity contribution in [2.45, 2.75) is 26.3 Å². The van der Waals surface area contributed by atoms with Gasteiger partial charge in [-0.1, -0.05) is 18.2 Å². The monoisotopic (exact) mass is 374 g/mol. The Morgan fingerprint density at radius 3 is 2.54 bits per heavy atom. The van der Waals surface area contributed by atoms with Gasteiger partial charge in [0.25, 0.3) is 5.91 Å². The molecule has 1 N–H and O–H groups in total. The van der Waals surface area contributed by atoms with Gasteiger partial charge in [0.05, 0.1) is 17.1 Å². The average Bonchev–Trinajstić information content (AvgIpc) is 2.98. The molecule has 138 valence electrons. The van der Waals surface area contributed by atoms with E-state index in [-0.39, 0.29) is 23.5 Å². The second-order valence-corrected chi connectivity index (χ2v) is 8.61. The Hall–Kier alpha value is -2.48. The number of amides is 1. The molecule has 1 aliphatic rings. The van der Waals surface area contributed by atoms with Gasteiger partial charge in [0.2, 0.25) is 5.95 Å². The molecule has 2 aromatic rings. The van der Waals surface area contributed by atoms with Crippen LogP contribution in [0.2, 0.25) is 0 Å². The van der Waals surface area contributed by atoms with Crippen LogP contribution in [0.5, 0.6) is 0 Å². The highest BCUT2D eigenvalue weighted by atomic mass is 32.2. The number of carbonyl (C=O) groups excluding carboxylic acids is 1. The van der Waals surface area contributed by atoms with Crippen LogP contribution in [0.3, 0.4) is 0 Å². The van der Waals surface area contributed by atoms with E-state index in [0.29, 0.717) is 24.5 Å². The fourth-order valence-electron chi connectivity index (χ4n) is 3.08. The molecule has 1 unspecified atom stereocenters. The van der Waals surface area contributed by atoms with Crippen LogP contribution in [0.15, 0.2) is 36.7 Å². The first kappa shape index (κ1) is 18.3. The summed E-state index contributed by atoms with van der Waals surface area (Å²) in [4.78, 5) is 22.8. The van der Waals surface area contributed by atoms with Gasteiger partial charge in [0, 0.05) is 30.7 Å². The number of nitrogens with zero attached hydrogens (tertiary/aromatic N) is 3. The zero-order valence-corrected chi connectivity index (χ0v) is 15.7. The van der Waals surface area contributed by atoms with Crippen LogP contribution in [0.25, 0.3) is 0 Å². The molecule has 1 amide bonds. The van der Waals surface area contributed by atoms with Gasteiger partial charge < -0.3 is 10.2 Å². The van der Waals surface area contributed by atoms with Crippen LogP contribution >= 0.6 is 0 Å². The molecule has 1 fully saturated rings. The van der Waals surface area contributed by atoms with E-state index in [9.17, 15) is 13.2 Å². The Balaban J connectivity index is 1.73. The van der Waals surface area contributed by atoms with Crippen molar-refractivity contribution in [1.29, 1.82) is 0 Å². The molecule has 0 spiro atoms. The average molecular weight is 374 g/mol. The minimum absolute atomic E-state index is 0.114. The van der Waals surface area contributed by atoms with E-state index < -0.39 is 9.84 Å². The van der Waals surface area contributed by atoms with E-state index in [1.807, 2.05) is 43.0 Å². The lowest BCUT2D eigenvalue weighted by atomic mass is 10.2. The van der Waals surface area contributed by atoms with Gasteiger partial charge in [0.1, 0.15) is 0 Å². The summed E-state index contributed by atoms with van der Waals surface area (Å²) in [6.07, 6.45) is 3.53. The molecule has 1 saturated heterocycles. The zero-order chi connectivity index (χ0) is 18.7. The molecular formula is C18H22N4O3S. The van der Waals surface area contributed by atoms with Crippen molar-refractivity contribution in [2.75, 3.05) is 28.3 Å². The summed E-state index contributed by atoms with van der Waals surface area (Å²) in [5.41, 5.74) is 2.07. The van der Waals surface area contributed by atoms with Gasteiger partial charge in [-0.2, -0.15) is 0 Å². The van der Waals surface area contributed by atoms with E-state index in [1.54, 1.807) is 0 Å². The summed E-state index contributed by atoms with van der Waals surface area (Å²) in [6, 6.07) is 7.41. The van der Waals surface area contributed by atoms with Crippen molar-refractivity contribution in [2.24, 2.45) is 0 Å². The molecule has 0 radical (unpaired) electrons. The molecule has 0 bridgehead atoms. The van der Waals surface area contributed by atoms with Gasteiger partial charge >= 0.3 is 0 Å². The third-order valence-electron chi connectivity index (χ3n) is 4.54. The maximum absolute atomic E-state index is 12.4. The highest BCUT2D eigenvalue weighted by Crippen LogP contribution is 2.21. The smallest absolute Gasteiger partial charge is 0.258 e. The Morgan fingerprint density at radius 2 is 1.96 bits per heavy atom. The fraction of sp³-hybridized carbons (Fsp3) is 0.389. The van der Waals surface area contributed by atoms with E-state index in [2.05, 4.69) is 15.3 Å². The topological polar surface area (TPSA) is 92.3 Å². The predicted octanol–water partition coefficient (Wildman–Crippen LogP) is 2.05. The van der Waals surface area contributed by atoms with Crippen LogP contribution in [-0.2, 0) is 9.84 Å². The lowest BCUT2D eigenvalue weighted by molar-refractivity contribution is 0.102. The van der Waals surface area contributed by atoms with Crippen LogP contribution in [0, 0.1) is 6.92 Å². The molecule has 0 aliphatic carbocycles. The maximum atomic E-state index is 12.4. The summed E-state index contributed by atoms with van der Waals surface area (Å²) in [6.45, 7) is 4.46. The second-order valence-electron chi connectivity index (χ2n) is 6.38. The first-order valence-corrected chi connectivity index (χ1v) is 10.4. The highest BCUT2D eigenvalue weighted by molar-refractivity contribution is 7.91. The number of anilines is 2. The number of aromatic nitrogens is 2. The summed E-state index contributed by atoms with van der Waals surface area (Å²) >= 11 is 0. The highest BCUT2D eigenvalue weighted by Gasteiger charge is 2.32. The number of sulfone groups is 1. The number of para-hydroxylation sites is 1. The first-order chi connectivity index (χ1) is 12.4. The van der Waals surface area contributed by atoms with Crippen LogP contribution in [0.1, 0.15) is 29.3 Å². The minimum atomic E-state index is -2.98. The second kappa shape index (κ2) is 7.41. The molecule has 3 rings (SSSR count). The minimum Gasteiger partial charge on any atom is -0.337 e. The molecule has 1 aromatic heterocycles. The molecule has 1 aliphatic heterocycles. The summed E-state index contributed by atoms with van der Waals surface area (Å²) < 4.78 is 23.4. The van der Waals surface area contributed by atoms with Crippen molar-refractivity contribution in [1.82, 2.24) is 9.97 Å². The fourth-order valence-corrected chi connectivity index (χ4v) is 4.81. The molecule has 2 heterocycles. The lowest BCUT2D eigenvalue weighted by Crippen LogP contribution is -2.37. The Bertz CT molecular complexity index is 897. The molecular weight excluding hydrogens is 352 g/mol. The molecule has 26 heavy (non-hydrogen) atoms. The van der Waals surface area contributed by atoms with Crippen molar-refractivity contribution in [3.8, 4) is 0 Å². The molecule has 8 heteroatoms. The Labute approximate surface area is 153 Å². The van der Waals surface area contributed by atoms with E-state index in [1.165, 1.54) is 12.4 Å². The number of nitrogens with one attached hydrogen (secondary N) is 1. The summed E-state index contributed by atoms with van der Waals surface area (Å²) in [5.74, 6) is 0.490. The standard InChI is InChI=1S/C18H22N4O3S/c1-3-22(15-8-9-26(24,25)12-15)18-19-10-14(11-20-18)17(23)21-16-7-5-4-6-13(16)2/h4-7,10-11,15H,3,8-9,12H2,1-2H3,(H,21,23). The number of hydrogen-bond acceptors (Lipinski definition) is 6. The van der Waals surface area contributed by atoms with Crippen LogP contribution in [0.4, 0.5) is 11.6 Å². The number of benzene rings is 1. The van der Waals surface area contributed by atoms with Gasteiger partial charge in [-0.05, 0) is 31.9 Å². The molecule has 7 nitrogen and oxygen atoms in total. The maximum Gasteiger partial charge on any atom is 0.258 e. The van der Waals surface area contributed by atoms with Crippen molar-refractivity contribution in [3.05, 3.63) is 47.8 Å². The van der Waals surface area contributed by atoms with E-state index >= 15 is 0 Å². The lowest BCUT2D eigenvalue weighted by Gasteiger charge is -2.26. The normalized spacial score (nSPS) is 18.5. The zero-order valence-electron chi connectivity index (χ0n) is 14.8. The first-order valence-electron chi connectivity index (χ1n) is 8.55. The molecule has 0 saturated carbocycles. The van der Waals surface area contributed by atoms with Crippen LogP contribution < -0.4 is 10.2 Å². The van der Waals surface area contributed by atoms with Crippen molar-refractivity contribution in [3.63, 3.8) is 0 Å². The van der Waals surface area contributed by atoms with E-state index in [0.717, 1.165) is 11.3 Å². The number of carbonyl (C=O) groups is 1. The van der Waals surface area contributed by atoms with Crippen molar-refractivity contribution >= 4 is 27.4 Å². The molecule has 1 aromatic carbocycles. The predicted molar refractivity (Wildman–Crippen MR) is 101 cm³/mol. The van der Waals surface area contributed by atoms with Gasteiger partial charge in [0.15, 0.2) is 9.84 Å². The van der Waals surface area contributed by atoms with Gasteiger partial charge in [-0.25, -0.2) is 18.4 Å². The number of rotatable bonds is 5. The van der Waals surface area contributed by atoms with E-state index in [4.69, 9.17) is 0 Å². The number of aryl methyl sites for hydroxylation is 1. The number of hydrogen-bond donors (Lipinski definition) is 1. The van der Waals surface area contributed by atoms with Gasteiger partial charge in [-0.3, -0.25) is 4.79 Å². The Morgan fingerprint density at radius 1 is 1.27 bits per heavy atom. The Kier molecular flexibility index (Phi) is 5.22. The SMILES string of the molecule is CCN(c1ncc(C(=O)Nc2ccccc2C)cn1)C1CCS(=O)(=O)C1. The summed E-state index contributed by atoms with van der Waals surface area (Å²) in [5, 5.41) is 2.84. The third-order valence-corrected chi connectivity index (χ3v) is 6.29. The van der Waals surface area contributed by atoms with Gasteiger partial charge in [-0.15, -0.1) is 0 Å². The van der Waals surface area contributed by atoms with Crippen molar-refractivity contribution < 1.29 is 13.2 Å². The third kappa shape index (κ3) is 4.01. The summed E-state index contributed by atoms with van der Waals surface area (Å²) in [7, 11) is -2.98.